The number of nitrogens with zero attached hydrogens (tertiary/aromatic N) is 2. The molecule has 0 radical (unpaired) electrons. The van der Waals surface area contributed by atoms with Gasteiger partial charge in [0, 0.05) is 24.7 Å². The van der Waals surface area contributed by atoms with Gasteiger partial charge in [0.1, 0.15) is 12.4 Å². The van der Waals surface area contributed by atoms with Crippen molar-refractivity contribution in [2.45, 2.75) is 25.7 Å². The molecule has 30 heavy (non-hydrogen) atoms. The Balaban J connectivity index is 1.17. The fraction of sp³-hybridized carbons (Fsp3) is 0.261. The van der Waals surface area contributed by atoms with E-state index in [9.17, 15) is 9.59 Å². The largest absolute Gasteiger partial charge is 0.492 e. The van der Waals surface area contributed by atoms with Gasteiger partial charge in [-0.15, -0.1) is 0 Å². The number of rotatable bonds is 8. The van der Waals surface area contributed by atoms with E-state index in [2.05, 4.69) is 15.7 Å². The van der Waals surface area contributed by atoms with E-state index < -0.39 is 0 Å². The zero-order valence-electron chi connectivity index (χ0n) is 16.6. The smallest absolute Gasteiger partial charge is 0.224 e. The first-order valence-electron chi connectivity index (χ1n) is 10.1. The number of aryl methyl sites for hydroxylation is 2. The number of fused-ring (bicyclic) bond motifs is 1. The minimum Gasteiger partial charge on any atom is -0.492 e. The zero-order valence-corrected chi connectivity index (χ0v) is 16.6. The summed E-state index contributed by atoms with van der Waals surface area (Å²) >= 11 is 0. The Morgan fingerprint density at radius 1 is 1.17 bits per heavy atom. The van der Waals surface area contributed by atoms with Gasteiger partial charge in [0.15, 0.2) is 0 Å². The van der Waals surface area contributed by atoms with Crippen LogP contribution in [0.25, 0.3) is 5.69 Å². The van der Waals surface area contributed by atoms with Gasteiger partial charge in [-0.05, 0) is 54.3 Å². The maximum atomic E-state index is 12.1. The molecule has 0 spiro atoms. The molecule has 0 saturated carbocycles. The lowest BCUT2D eigenvalue weighted by Crippen LogP contribution is -2.28. The molecule has 0 atom stereocenters. The third kappa shape index (κ3) is 5.05. The summed E-state index contributed by atoms with van der Waals surface area (Å²) < 4.78 is 7.53. The minimum atomic E-state index is -0.0146. The maximum Gasteiger partial charge on any atom is 0.224 e. The first-order valence-corrected chi connectivity index (χ1v) is 10.1. The lowest BCUT2D eigenvalue weighted by atomic mass is 10.0. The second kappa shape index (κ2) is 9.26. The fourth-order valence-electron chi connectivity index (χ4n) is 3.37. The number of amides is 2. The summed E-state index contributed by atoms with van der Waals surface area (Å²) in [4.78, 5) is 23.5. The fourth-order valence-corrected chi connectivity index (χ4v) is 3.37. The van der Waals surface area contributed by atoms with Gasteiger partial charge in [-0.3, -0.25) is 9.59 Å². The number of anilines is 1. The molecule has 7 heteroatoms. The van der Waals surface area contributed by atoms with Gasteiger partial charge in [0.25, 0.3) is 0 Å². The molecule has 0 aliphatic carbocycles. The molecule has 154 valence electrons. The summed E-state index contributed by atoms with van der Waals surface area (Å²) in [7, 11) is 0. The van der Waals surface area contributed by atoms with Crippen molar-refractivity contribution in [2.75, 3.05) is 18.5 Å². The Morgan fingerprint density at radius 2 is 2.03 bits per heavy atom. The zero-order chi connectivity index (χ0) is 20.8. The van der Waals surface area contributed by atoms with Crippen LogP contribution in [0.5, 0.6) is 5.75 Å². The maximum absolute atomic E-state index is 12.1. The van der Waals surface area contributed by atoms with Gasteiger partial charge in [-0.25, -0.2) is 4.68 Å². The van der Waals surface area contributed by atoms with E-state index in [4.69, 9.17) is 4.74 Å². The summed E-state index contributed by atoms with van der Waals surface area (Å²) in [5.41, 5.74) is 3.94. The molecule has 1 aliphatic heterocycles. The van der Waals surface area contributed by atoms with Gasteiger partial charge < -0.3 is 15.4 Å². The van der Waals surface area contributed by atoms with Gasteiger partial charge in [-0.1, -0.05) is 18.2 Å². The van der Waals surface area contributed by atoms with Crippen molar-refractivity contribution in [2.24, 2.45) is 0 Å². The Kier molecular flexibility index (Phi) is 6.08. The molecule has 0 unspecified atom stereocenters. The Bertz CT molecular complexity index is 1030. The molecule has 1 aliphatic rings. The molecule has 0 saturated heterocycles. The van der Waals surface area contributed by atoms with Crippen LogP contribution in [0.2, 0.25) is 0 Å². The molecule has 2 amide bonds. The van der Waals surface area contributed by atoms with Crippen LogP contribution in [0.4, 0.5) is 5.69 Å². The summed E-state index contributed by atoms with van der Waals surface area (Å²) in [6.07, 6.45) is 5.99. The SMILES string of the molecule is O=C(CCc1cnn(-c2ccccc2)c1)NCCOc1ccc2c(c1)CCC(=O)N2. The van der Waals surface area contributed by atoms with E-state index in [0.29, 0.717) is 32.4 Å². The van der Waals surface area contributed by atoms with Crippen LogP contribution in [-0.2, 0) is 22.4 Å². The number of aromatic nitrogens is 2. The molecule has 2 N–H and O–H groups in total. The van der Waals surface area contributed by atoms with Gasteiger partial charge in [0.05, 0.1) is 18.4 Å². The summed E-state index contributed by atoms with van der Waals surface area (Å²) in [6, 6.07) is 15.5. The molecule has 0 bridgehead atoms. The van der Waals surface area contributed by atoms with Crippen LogP contribution in [0.15, 0.2) is 60.9 Å². The molecule has 3 aromatic rings. The molecule has 0 fully saturated rings. The van der Waals surface area contributed by atoms with Crippen molar-refractivity contribution in [1.29, 1.82) is 0 Å². The number of benzene rings is 2. The van der Waals surface area contributed by atoms with E-state index in [0.717, 1.165) is 34.7 Å². The number of carbonyl (C=O) groups is 2. The number of carbonyl (C=O) groups excluding carboxylic acids is 2. The van der Waals surface area contributed by atoms with Crippen molar-refractivity contribution in [1.82, 2.24) is 15.1 Å². The van der Waals surface area contributed by atoms with Crippen molar-refractivity contribution < 1.29 is 14.3 Å². The van der Waals surface area contributed by atoms with Gasteiger partial charge >= 0.3 is 0 Å². The quantitative estimate of drug-likeness (QED) is 0.566. The van der Waals surface area contributed by atoms with Crippen LogP contribution in [0.1, 0.15) is 24.0 Å². The molecule has 7 nitrogen and oxygen atoms in total. The summed E-state index contributed by atoms with van der Waals surface area (Å²) in [6.45, 7) is 0.832. The lowest BCUT2D eigenvalue weighted by Gasteiger charge is -2.17. The Morgan fingerprint density at radius 3 is 2.90 bits per heavy atom. The minimum absolute atomic E-state index is 0.0146. The topological polar surface area (TPSA) is 85.2 Å². The molecular formula is C23H24N4O3. The molecule has 4 rings (SSSR count). The van der Waals surface area contributed by atoms with Crippen molar-refractivity contribution in [3.8, 4) is 11.4 Å². The van der Waals surface area contributed by atoms with Crippen LogP contribution >= 0.6 is 0 Å². The van der Waals surface area contributed by atoms with E-state index >= 15 is 0 Å². The Hall–Kier alpha value is -3.61. The third-order valence-corrected chi connectivity index (χ3v) is 4.96. The third-order valence-electron chi connectivity index (χ3n) is 4.96. The molecule has 1 aromatic heterocycles. The highest BCUT2D eigenvalue weighted by molar-refractivity contribution is 5.94. The number of hydrogen-bond acceptors (Lipinski definition) is 4. The predicted molar refractivity (Wildman–Crippen MR) is 114 cm³/mol. The van der Waals surface area contributed by atoms with E-state index in [1.54, 1.807) is 6.20 Å². The normalized spacial score (nSPS) is 12.7. The van der Waals surface area contributed by atoms with E-state index in [1.165, 1.54) is 0 Å². The van der Waals surface area contributed by atoms with Crippen molar-refractivity contribution in [3.63, 3.8) is 0 Å². The van der Waals surface area contributed by atoms with E-state index in [-0.39, 0.29) is 11.8 Å². The van der Waals surface area contributed by atoms with Gasteiger partial charge in [0.2, 0.25) is 11.8 Å². The molecule has 2 heterocycles. The highest BCUT2D eigenvalue weighted by Gasteiger charge is 2.15. The van der Waals surface area contributed by atoms with Crippen LogP contribution in [0.3, 0.4) is 0 Å². The second-order valence-electron chi connectivity index (χ2n) is 7.19. The number of nitrogens with one attached hydrogen (secondary N) is 2. The number of ether oxygens (including phenoxy) is 1. The van der Waals surface area contributed by atoms with Crippen LogP contribution in [0, 0.1) is 0 Å². The van der Waals surface area contributed by atoms with Gasteiger partial charge in [-0.2, -0.15) is 5.10 Å². The highest BCUT2D eigenvalue weighted by Crippen LogP contribution is 2.26. The monoisotopic (exact) mass is 404 g/mol. The first kappa shape index (κ1) is 19.7. The Labute approximate surface area is 175 Å². The van der Waals surface area contributed by atoms with Crippen LogP contribution < -0.4 is 15.4 Å². The summed E-state index contributed by atoms with van der Waals surface area (Å²) in [5.74, 6) is 0.776. The molecular weight excluding hydrogens is 380 g/mol. The highest BCUT2D eigenvalue weighted by atomic mass is 16.5. The lowest BCUT2D eigenvalue weighted by molar-refractivity contribution is -0.121. The summed E-state index contributed by atoms with van der Waals surface area (Å²) in [5, 5.41) is 10.1. The predicted octanol–water partition coefficient (Wildman–Crippen LogP) is 2.88. The van der Waals surface area contributed by atoms with Crippen LogP contribution in [-0.4, -0.2) is 34.7 Å². The van der Waals surface area contributed by atoms with E-state index in [1.807, 2.05) is 59.4 Å². The number of hydrogen-bond donors (Lipinski definition) is 2. The van der Waals surface area contributed by atoms with Crippen molar-refractivity contribution >= 4 is 17.5 Å². The standard InChI is InChI=1S/C23H24N4O3/c28-22(10-6-17-15-25-27(16-17)19-4-2-1-3-5-19)24-12-13-30-20-8-9-21-18(14-20)7-11-23(29)26-21/h1-5,8-9,14-16H,6-7,10-13H2,(H,24,28)(H,26,29). The average Bonchev–Trinajstić information content (AvgIpc) is 3.25. The molecule has 2 aromatic carbocycles. The average molecular weight is 404 g/mol. The first-order chi connectivity index (χ1) is 14.7. The number of para-hydroxylation sites is 1. The van der Waals surface area contributed by atoms with Crippen molar-refractivity contribution in [3.05, 3.63) is 72.1 Å². The second-order valence-corrected chi connectivity index (χ2v) is 7.19.